The first kappa shape index (κ1) is 24.7. The second-order valence-corrected chi connectivity index (χ2v) is 8.80. The van der Waals surface area contributed by atoms with Gasteiger partial charge in [-0.15, -0.1) is 0 Å². The molecule has 13 heteroatoms. The van der Waals surface area contributed by atoms with Gasteiger partial charge in [0.1, 0.15) is 6.10 Å². The van der Waals surface area contributed by atoms with Gasteiger partial charge in [0.15, 0.2) is 0 Å². The van der Waals surface area contributed by atoms with Crippen LogP contribution in [0, 0.1) is 0 Å². The third kappa shape index (κ3) is 4.46. The highest BCUT2D eigenvalue weighted by molar-refractivity contribution is 9.10. The highest BCUT2D eigenvalue weighted by Gasteiger charge is 2.51. The van der Waals surface area contributed by atoms with Crippen LogP contribution in [-0.2, 0) is 23.3 Å². The monoisotopic (exact) mass is 561 g/mol. The van der Waals surface area contributed by atoms with Crippen LogP contribution in [-0.4, -0.2) is 17.0 Å². The summed E-state index contributed by atoms with van der Waals surface area (Å²) in [7, 11) is 0. The number of benzene rings is 2. The average molecular weight is 562 g/mol. The van der Waals surface area contributed by atoms with Gasteiger partial charge in [0, 0.05) is 4.47 Å². The van der Waals surface area contributed by atoms with Gasteiger partial charge in [-0.3, -0.25) is 4.90 Å². The Kier molecular flexibility index (Phi) is 5.85. The van der Waals surface area contributed by atoms with Gasteiger partial charge in [0.05, 0.1) is 28.8 Å². The molecule has 0 radical (unpaired) electrons. The van der Waals surface area contributed by atoms with Crippen molar-refractivity contribution in [3.63, 3.8) is 0 Å². The van der Waals surface area contributed by atoms with Gasteiger partial charge in [-0.2, -0.15) is 39.5 Å². The Morgan fingerprint density at radius 2 is 1.35 bits per heavy atom. The topological polar surface area (TPSA) is 29.5 Å². The van der Waals surface area contributed by atoms with Crippen molar-refractivity contribution in [2.24, 2.45) is 0 Å². The molecule has 3 nitrogen and oxygen atoms in total. The van der Waals surface area contributed by atoms with Crippen LogP contribution >= 0.6 is 15.9 Å². The second-order valence-electron chi connectivity index (χ2n) is 7.95. The first-order valence-electron chi connectivity index (χ1n) is 9.72. The number of carbonyl (C=O) groups excluding carboxylic acids is 1. The summed E-state index contributed by atoms with van der Waals surface area (Å²) in [5.74, 6) is 0. The molecular formula is C21H13BrF9NO2. The molecule has 2 aliphatic heterocycles. The number of nitrogens with zero attached hydrogens (tertiary/aromatic N) is 1. The van der Waals surface area contributed by atoms with Crippen LogP contribution in [0.3, 0.4) is 0 Å². The third-order valence-electron chi connectivity index (χ3n) is 5.84. The van der Waals surface area contributed by atoms with Crippen LogP contribution in [0.25, 0.3) is 0 Å². The van der Waals surface area contributed by atoms with E-state index in [0.29, 0.717) is 12.1 Å². The number of cyclic esters (lactones) is 1. The van der Waals surface area contributed by atoms with Crippen molar-refractivity contribution in [1.29, 1.82) is 0 Å². The third-order valence-corrected chi connectivity index (χ3v) is 6.56. The average Bonchev–Trinajstić information content (AvgIpc) is 3.27. The predicted octanol–water partition coefficient (Wildman–Crippen LogP) is 7.90. The summed E-state index contributed by atoms with van der Waals surface area (Å²) in [6.07, 6.45) is -17.1. The van der Waals surface area contributed by atoms with Crippen LogP contribution in [0.1, 0.15) is 52.8 Å². The molecule has 2 fully saturated rings. The molecule has 2 aromatic carbocycles. The summed E-state index contributed by atoms with van der Waals surface area (Å²) >= 11 is 3.15. The summed E-state index contributed by atoms with van der Waals surface area (Å²) in [6.45, 7) is 0. The Bertz CT molecular complexity index is 1090. The maximum atomic E-state index is 13.2. The molecular weight excluding hydrogens is 549 g/mol. The minimum atomic E-state index is -5.08. The molecule has 1 amide bonds. The summed E-state index contributed by atoms with van der Waals surface area (Å²) in [5, 5.41) is 0. The first-order valence-corrected chi connectivity index (χ1v) is 10.5. The molecule has 4 rings (SSSR count). The van der Waals surface area contributed by atoms with Crippen molar-refractivity contribution in [2.45, 2.75) is 49.6 Å². The van der Waals surface area contributed by atoms with E-state index in [-0.39, 0.29) is 28.9 Å². The van der Waals surface area contributed by atoms with Gasteiger partial charge in [0.25, 0.3) is 0 Å². The number of carbonyl (C=O) groups is 1. The van der Waals surface area contributed by atoms with E-state index in [2.05, 4.69) is 15.9 Å². The van der Waals surface area contributed by atoms with Crippen molar-refractivity contribution in [3.05, 3.63) is 68.7 Å². The molecule has 2 heterocycles. The number of ether oxygens (including phenoxy) is 1. The number of rotatable bonds is 2. The standard InChI is InChI=1S/C21H13BrF9NO2/c22-14-2-1-10(19(23,24)25)8-13(14)15-3-4-16-17(34-18(33)32(15)16)9-5-11(20(26,27)28)7-12(6-9)21(29,30)31/h1-2,5-8,15-17H,3-4H2/t15-,16-,17+/m0/s1. The maximum absolute atomic E-state index is 13.2. The van der Waals surface area contributed by atoms with Crippen LogP contribution < -0.4 is 0 Å². The fraction of sp³-hybridized carbons (Fsp3) is 0.381. The summed E-state index contributed by atoms with van der Waals surface area (Å²) in [5.41, 5.74) is -4.46. The van der Waals surface area contributed by atoms with Crippen LogP contribution in [0.5, 0.6) is 0 Å². The Balaban J connectivity index is 1.73. The van der Waals surface area contributed by atoms with Gasteiger partial charge in [-0.25, -0.2) is 4.79 Å². The van der Waals surface area contributed by atoms with Crippen molar-refractivity contribution in [3.8, 4) is 0 Å². The van der Waals surface area contributed by atoms with Crippen molar-refractivity contribution in [1.82, 2.24) is 4.90 Å². The molecule has 184 valence electrons. The molecule has 0 N–H and O–H groups in total. The van der Waals surface area contributed by atoms with Crippen molar-refractivity contribution >= 4 is 22.0 Å². The van der Waals surface area contributed by atoms with Crippen LogP contribution in [0.2, 0.25) is 0 Å². The maximum Gasteiger partial charge on any atom is 0.416 e. The zero-order valence-electron chi connectivity index (χ0n) is 16.7. The van der Waals surface area contributed by atoms with E-state index in [1.165, 1.54) is 0 Å². The van der Waals surface area contributed by atoms with Crippen molar-refractivity contribution in [2.75, 3.05) is 0 Å². The molecule has 0 aliphatic carbocycles. The predicted molar refractivity (Wildman–Crippen MR) is 102 cm³/mol. The van der Waals surface area contributed by atoms with E-state index >= 15 is 0 Å². The second kappa shape index (κ2) is 8.06. The van der Waals surface area contributed by atoms with E-state index < -0.39 is 65.1 Å². The van der Waals surface area contributed by atoms with Crippen LogP contribution in [0.15, 0.2) is 40.9 Å². The number of hydrogen-bond donors (Lipinski definition) is 0. The Morgan fingerprint density at radius 3 is 1.88 bits per heavy atom. The minimum Gasteiger partial charge on any atom is -0.439 e. The Hall–Kier alpha value is -2.44. The normalized spacial score (nSPS) is 23.3. The molecule has 0 bridgehead atoms. The largest absolute Gasteiger partial charge is 0.439 e. The Morgan fingerprint density at radius 1 is 0.794 bits per heavy atom. The quantitative estimate of drug-likeness (QED) is 0.349. The van der Waals surface area contributed by atoms with E-state index in [1.54, 1.807) is 0 Å². The smallest absolute Gasteiger partial charge is 0.416 e. The number of amides is 1. The minimum absolute atomic E-state index is 0.0325. The highest BCUT2D eigenvalue weighted by atomic mass is 79.9. The molecule has 0 aromatic heterocycles. The summed E-state index contributed by atoms with van der Waals surface area (Å²) in [6, 6.07) is 1.93. The lowest BCUT2D eigenvalue weighted by Crippen LogP contribution is -2.31. The van der Waals surface area contributed by atoms with Crippen molar-refractivity contribution < 1.29 is 49.0 Å². The number of fused-ring (bicyclic) bond motifs is 1. The summed E-state index contributed by atoms with van der Waals surface area (Å²) < 4.78 is 124. The number of hydrogen-bond acceptors (Lipinski definition) is 2. The van der Waals surface area contributed by atoms with E-state index in [9.17, 15) is 44.3 Å². The molecule has 0 unspecified atom stereocenters. The lowest BCUT2D eigenvalue weighted by molar-refractivity contribution is -0.143. The zero-order valence-corrected chi connectivity index (χ0v) is 18.2. The lowest BCUT2D eigenvalue weighted by atomic mass is 9.96. The molecule has 0 saturated carbocycles. The van der Waals surface area contributed by atoms with Gasteiger partial charge in [-0.05, 0) is 60.4 Å². The lowest BCUT2D eigenvalue weighted by Gasteiger charge is -2.24. The van der Waals surface area contributed by atoms with Gasteiger partial charge in [-0.1, -0.05) is 15.9 Å². The van der Waals surface area contributed by atoms with E-state index in [1.807, 2.05) is 0 Å². The number of alkyl halides is 9. The van der Waals surface area contributed by atoms with E-state index in [0.717, 1.165) is 23.1 Å². The molecule has 3 atom stereocenters. The number of halogens is 10. The highest BCUT2D eigenvalue weighted by Crippen LogP contribution is 2.50. The van der Waals surface area contributed by atoms with E-state index in [4.69, 9.17) is 4.74 Å². The molecule has 34 heavy (non-hydrogen) atoms. The fourth-order valence-corrected chi connectivity index (χ4v) is 4.87. The zero-order chi connectivity index (χ0) is 25.2. The first-order chi connectivity index (χ1) is 15.6. The molecule has 2 saturated heterocycles. The van der Waals surface area contributed by atoms with Crippen LogP contribution in [0.4, 0.5) is 44.3 Å². The Labute approximate surface area is 194 Å². The molecule has 2 aliphatic rings. The van der Waals surface area contributed by atoms with Gasteiger partial charge < -0.3 is 4.74 Å². The van der Waals surface area contributed by atoms with Gasteiger partial charge >= 0.3 is 24.6 Å². The fourth-order valence-electron chi connectivity index (χ4n) is 4.36. The molecule has 0 spiro atoms. The molecule has 2 aromatic rings. The summed E-state index contributed by atoms with van der Waals surface area (Å²) in [4.78, 5) is 13.7. The van der Waals surface area contributed by atoms with Gasteiger partial charge in [0.2, 0.25) is 0 Å². The SMILES string of the molecule is O=C1O[C@H](c2cc(C(F)(F)F)cc(C(F)(F)F)c2)[C@@H]2CC[C@@H](c3cc(C(F)(F)F)ccc3Br)N12.